The van der Waals surface area contributed by atoms with Crippen molar-refractivity contribution in [1.29, 1.82) is 0 Å². The van der Waals surface area contributed by atoms with Gasteiger partial charge in [0.1, 0.15) is 11.4 Å². The fourth-order valence-corrected chi connectivity index (χ4v) is 1.81. The Bertz CT molecular complexity index is 624. The number of phenolic OH excluding ortho intramolecular Hbond substituents is 1. The van der Waals surface area contributed by atoms with Crippen LogP contribution in [0.25, 0.3) is 0 Å². The summed E-state index contributed by atoms with van der Waals surface area (Å²) < 4.78 is 5.11. The van der Waals surface area contributed by atoms with E-state index >= 15 is 0 Å². The van der Waals surface area contributed by atoms with Gasteiger partial charge in [0.2, 0.25) is 0 Å². The van der Waals surface area contributed by atoms with Crippen LogP contribution in [0.2, 0.25) is 0 Å². The number of hydrogen-bond acceptors (Lipinski definition) is 5. The topological polar surface area (TPSA) is 75.6 Å². The van der Waals surface area contributed by atoms with Gasteiger partial charge < -0.3 is 15.2 Å². The number of benzene rings is 1. The molecule has 0 bridgehead atoms. The van der Waals surface area contributed by atoms with E-state index in [4.69, 9.17) is 9.84 Å². The van der Waals surface area contributed by atoms with Crippen molar-refractivity contribution in [2.75, 3.05) is 18.5 Å². The molecule has 2 N–H and O–H groups in total. The summed E-state index contributed by atoms with van der Waals surface area (Å²) in [5, 5.41) is 12.1. The number of rotatable bonds is 6. The van der Waals surface area contributed by atoms with E-state index in [-0.39, 0.29) is 17.2 Å². The van der Waals surface area contributed by atoms with Gasteiger partial charge in [-0.2, -0.15) is 0 Å². The third kappa shape index (κ3) is 2.76. The number of hydrogen-bond donors (Lipinski definition) is 2. The highest BCUT2D eigenvalue weighted by molar-refractivity contribution is 5.61. The lowest BCUT2D eigenvalue weighted by atomic mass is 10.1. The molecule has 0 aliphatic rings. The quantitative estimate of drug-likeness (QED) is 0.760. The molecule has 2 aromatic carbocycles. The first-order chi connectivity index (χ1) is 9.13. The van der Waals surface area contributed by atoms with E-state index in [1.54, 1.807) is 19.1 Å². The third-order valence-electron chi connectivity index (χ3n) is 2.81. The molecule has 0 aliphatic heterocycles. The van der Waals surface area contributed by atoms with Crippen molar-refractivity contribution >= 4 is 5.69 Å². The highest BCUT2D eigenvalue weighted by atomic mass is 16.5. The largest absolute Gasteiger partial charge is 0.508 e. The zero-order chi connectivity index (χ0) is 13.8. The Morgan fingerprint density at radius 3 is 2.47 bits per heavy atom. The van der Waals surface area contributed by atoms with Crippen LogP contribution in [0, 0.1) is 0 Å². The molecule has 2 aromatic rings. The van der Waals surface area contributed by atoms with Gasteiger partial charge in [-0.25, -0.2) is 0 Å². The van der Waals surface area contributed by atoms with Crippen LogP contribution in [-0.2, 0) is 6.42 Å². The highest BCUT2D eigenvalue weighted by Crippen LogP contribution is 2.17. The lowest BCUT2D eigenvalue weighted by Gasteiger charge is -2.12. The molecule has 0 saturated carbocycles. The Hall–Kier alpha value is -2.30. The van der Waals surface area contributed by atoms with Gasteiger partial charge in [0.25, 0.3) is 10.9 Å². The van der Waals surface area contributed by atoms with Gasteiger partial charge >= 0.3 is 0 Å². The molecule has 0 aliphatic carbocycles. The number of aromatic hydroxyl groups is 1. The maximum atomic E-state index is 11.4. The summed E-state index contributed by atoms with van der Waals surface area (Å²) in [6.45, 7) is 2.64. The van der Waals surface area contributed by atoms with Crippen LogP contribution in [0.15, 0.2) is 33.9 Å². The lowest BCUT2D eigenvalue weighted by molar-refractivity contribution is 0.335. The average molecular weight is 261 g/mol. The average Bonchev–Trinajstić information content (AvgIpc) is 2.43. The minimum absolute atomic E-state index is 0.137. The predicted molar refractivity (Wildman–Crippen MR) is 72.8 cm³/mol. The molecule has 2 rings (SSSR count). The Balaban J connectivity index is 1.93. The van der Waals surface area contributed by atoms with Gasteiger partial charge in [-0.05, 0) is 31.0 Å². The van der Waals surface area contributed by atoms with Crippen molar-refractivity contribution in [3.8, 4) is 11.5 Å². The Morgan fingerprint density at radius 1 is 1.16 bits per heavy atom. The van der Waals surface area contributed by atoms with Gasteiger partial charge in [-0.3, -0.25) is 9.59 Å². The first-order valence-corrected chi connectivity index (χ1v) is 6.11. The van der Waals surface area contributed by atoms with E-state index in [0.717, 1.165) is 5.56 Å². The smallest absolute Gasteiger partial charge is 0.272 e. The van der Waals surface area contributed by atoms with Gasteiger partial charge in [0, 0.05) is 6.54 Å². The molecule has 0 unspecified atom stereocenters. The SMILES string of the molecule is CCOc1c(NCCc2ccc(O)cc2)c(=O)c1=O. The second-order valence-corrected chi connectivity index (χ2v) is 4.14. The summed E-state index contributed by atoms with van der Waals surface area (Å²) in [6.07, 6.45) is 0.685. The molecule has 0 aromatic heterocycles. The Kier molecular flexibility index (Phi) is 3.85. The van der Waals surface area contributed by atoms with Crippen LogP contribution in [-0.4, -0.2) is 18.3 Å². The first kappa shape index (κ1) is 13.1. The molecule has 5 nitrogen and oxygen atoms in total. The molecule has 0 atom stereocenters. The lowest BCUT2D eigenvalue weighted by Crippen LogP contribution is -2.36. The molecular formula is C14H15NO4. The zero-order valence-corrected chi connectivity index (χ0v) is 10.6. The van der Waals surface area contributed by atoms with E-state index < -0.39 is 10.9 Å². The predicted octanol–water partition coefficient (Wildman–Crippen LogP) is 1.04. The minimum atomic E-state index is -0.561. The summed E-state index contributed by atoms with van der Waals surface area (Å²) in [4.78, 5) is 22.6. The van der Waals surface area contributed by atoms with E-state index in [9.17, 15) is 9.59 Å². The summed E-state index contributed by atoms with van der Waals surface area (Å²) in [5.74, 6) is 0.357. The van der Waals surface area contributed by atoms with Crippen molar-refractivity contribution in [2.45, 2.75) is 13.3 Å². The van der Waals surface area contributed by atoms with Gasteiger partial charge in [0.15, 0.2) is 5.75 Å². The maximum absolute atomic E-state index is 11.4. The highest BCUT2D eigenvalue weighted by Gasteiger charge is 2.21. The molecule has 0 radical (unpaired) electrons. The minimum Gasteiger partial charge on any atom is -0.508 e. The first-order valence-electron chi connectivity index (χ1n) is 6.11. The van der Waals surface area contributed by atoms with Crippen molar-refractivity contribution in [1.82, 2.24) is 0 Å². The van der Waals surface area contributed by atoms with Crippen LogP contribution < -0.4 is 20.9 Å². The van der Waals surface area contributed by atoms with E-state index in [1.807, 2.05) is 12.1 Å². The monoisotopic (exact) mass is 261 g/mol. The molecule has 19 heavy (non-hydrogen) atoms. The third-order valence-corrected chi connectivity index (χ3v) is 2.81. The van der Waals surface area contributed by atoms with Gasteiger partial charge in [-0.1, -0.05) is 12.1 Å². The van der Waals surface area contributed by atoms with E-state index in [0.29, 0.717) is 19.6 Å². The molecule has 0 saturated heterocycles. The zero-order valence-electron chi connectivity index (χ0n) is 10.6. The molecule has 100 valence electrons. The van der Waals surface area contributed by atoms with Crippen LogP contribution in [0.3, 0.4) is 0 Å². The Morgan fingerprint density at radius 2 is 1.84 bits per heavy atom. The number of anilines is 1. The van der Waals surface area contributed by atoms with Crippen LogP contribution in [0.4, 0.5) is 5.69 Å². The summed E-state index contributed by atoms with van der Waals surface area (Å²) >= 11 is 0. The summed E-state index contributed by atoms with van der Waals surface area (Å²) in [5.41, 5.74) is 0.218. The van der Waals surface area contributed by atoms with Crippen LogP contribution in [0.5, 0.6) is 11.5 Å². The van der Waals surface area contributed by atoms with Crippen molar-refractivity contribution in [2.24, 2.45) is 0 Å². The Labute approximate surface area is 110 Å². The molecule has 0 amide bonds. The second-order valence-electron chi connectivity index (χ2n) is 4.14. The van der Waals surface area contributed by atoms with Gasteiger partial charge in [0.05, 0.1) is 6.61 Å². The fourth-order valence-electron chi connectivity index (χ4n) is 1.81. The van der Waals surface area contributed by atoms with Crippen molar-refractivity contribution in [3.63, 3.8) is 0 Å². The van der Waals surface area contributed by atoms with Crippen molar-refractivity contribution < 1.29 is 9.84 Å². The van der Waals surface area contributed by atoms with Crippen molar-refractivity contribution in [3.05, 3.63) is 50.3 Å². The molecular weight excluding hydrogens is 246 g/mol. The van der Waals surface area contributed by atoms with E-state index in [2.05, 4.69) is 5.32 Å². The second kappa shape index (κ2) is 5.56. The number of ether oxygens (including phenoxy) is 1. The van der Waals surface area contributed by atoms with Crippen LogP contribution in [0.1, 0.15) is 12.5 Å². The molecule has 0 fully saturated rings. The van der Waals surface area contributed by atoms with Crippen LogP contribution >= 0.6 is 0 Å². The number of phenols is 1. The summed E-state index contributed by atoms with van der Waals surface area (Å²) in [7, 11) is 0. The molecule has 0 heterocycles. The summed E-state index contributed by atoms with van der Waals surface area (Å²) in [6, 6.07) is 6.84. The standard InChI is InChI=1S/C14H15NO4/c1-2-19-14-11(12(17)13(14)18)15-8-7-9-3-5-10(16)6-4-9/h3-6,15-16H,2,7-8H2,1H3. The molecule has 5 heteroatoms. The normalized spacial score (nSPS) is 10.6. The maximum Gasteiger partial charge on any atom is 0.272 e. The number of nitrogens with one attached hydrogen (secondary N) is 1. The van der Waals surface area contributed by atoms with E-state index in [1.165, 1.54) is 0 Å². The van der Waals surface area contributed by atoms with Gasteiger partial charge in [-0.15, -0.1) is 0 Å². The molecule has 0 spiro atoms. The fraction of sp³-hybridized carbons (Fsp3) is 0.286.